The number of alkyl halides is 3. The number of amides is 1. The predicted molar refractivity (Wildman–Crippen MR) is 161 cm³/mol. The number of benzene rings is 1. The maximum Gasteiger partial charge on any atom is 0.434 e. The number of rotatable bonds is 10. The van der Waals surface area contributed by atoms with Gasteiger partial charge in [-0.25, -0.2) is 4.98 Å². The first-order chi connectivity index (χ1) is 20.5. The van der Waals surface area contributed by atoms with Crippen molar-refractivity contribution < 1.29 is 22.7 Å². The van der Waals surface area contributed by atoms with Crippen LogP contribution in [-0.4, -0.2) is 50.3 Å². The molecule has 1 unspecified atom stereocenters. The molecule has 2 aromatic heterocycles. The molecule has 14 heteroatoms. The Balaban J connectivity index is 1.17. The molecule has 0 spiro atoms. The highest BCUT2D eigenvalue weighted by Gasteiger charge is 2.43. The first kappa shape index (κ1) is 30.7. The summed E-state index contributed by atoms with van der Waals surface area (Å²) < 4.78 is 45.7. The van der Waals surface area contributed by atoms with Crippen LogP contribution in [0.5, 0.6) is 5.88 Å². The molecule has 7 nitrogen and oxygen atoms in total. The molecule has 2 aliphatic heterocycles. The Kier molecular flexibility index (Phi) is 8.74. The van der Waals surface area contributed by atoms with E-state index in [1.54, 1.807) is 6.07 Å². The third kappa shape index (κ3) is 6.42. The highest BCUT2D eigenvalue weighted by molar-refractivity contribution is 7.12. The summed E-state index contributed by atoms with van der Waals surface area (Å²) in [5, 5.41) is 8.65. The summed E-state index contributed by atoms with van der Waals surface area (Å²) in [5.41, 5.74) is 1.63. The van der Waals surface area contributed by atoms with E-state index in [0.29, 0.717) is 40.2 Å². The van der Waals surface area contributed by atoms with Crippen molar-refractivity contribution in [2.75, 3.05) is 6.61 Å². The van der Waals surface area contributed by atoms with Crippen LogP contribution in [0, 0.1) is 0 Å². The lowest BCUT2D eigenvalue weighted by atomic mass is 9.93. The molecule has 1 aromatic carbocycles. The number of hydrogen-bond donors (Lipinski definition) is 1. The van der Waals surface area contributed by atoms with Crippen LogP contribution in [0.15, 0.2) is 30.0 Å². The molecule has 0 radical (unpaired) electrons. The van der Waals surface area contributed by atoms with E-state index < -0.39 is 16.9 Å². The van der Waals surface area contributed by atoms with Crippen molar-refractivity contribution in [3.05, 3.63) is 66.2 Å². The molecule has 3 aromatic rings. The fourth-order valence-corrected chi connectivity index (χ4v) is 7.61. The van der Waals surface area contributed by atoms with Crippen molar-refractivity contribution in [2.24, 2.45) is 7.05 Å². The minimum Gasteiger partial charge on any atom is -0.476 e. The number of aryl methyl sites for hydroxylation is 2. The zero-order chi connectivity index (χ0) is 30.5. The van der Waals surface area contributed by atoms with Gasteiger partial charge in [-0.1, -0.05) is 46.9 Å². The molecule has 4 heterocycles. The normalized spacial score (nSPS) is 20.2. The molecular formula is C29H29Cl3F3N5O2S. The van der Waals surface area contributed by atoms with Crippen LogP contribution < -0.4 is 10.1 Å². The van der Waals surface area contributed by atoms with Gasteiger partial charge in [-0.05, 0) is 55.7 Å². The van der Waals surface area contributed by atoms with Gasteiger partial charge in [0.05, 0.1) is 26.5 Å². The van der Waals surface area contributed by atoms with E-state index in [2.05, 4.69) is 15.4 Å². The molecule has 1 saturated carbocycles. The Morgan fingerprint density at radius 2 is 1.98 bits per heavy atom. The van der Waals surface area contributed by atoms with Gasteiger partial charge in [-0.2, -0.15) is 13.2 Å². The number of carbonyl (C=O) groups is 1. The predicted octanol–water partition coefficient (Wildman–Crippen LogP) is 7.34. The Bertz CT molecular complexity index is 1570. The van der Waals surface area contributed by atoms with Crippen LogP contribution in [0.2, 0.25) is 15.1 Å². The number of fused-ring (bicyclic) bond motifs is 2. The second-order valence-corrected chi connectivity index (χ2v) is 13.4. The van der Waals surface area contributed by atoms with Gasteiger partial charge in [-0.3, -0.25) is 9.48 Å². The smallest absolute Gasteiger partial charge is 0.434 e. The lowest BCUT2D eigenvalue weighted by Crippen LogP contribution is -2.44. The highest BCUT2D eigenvalue weighted by Crippen LogP contribution is 2.42. The lowest BCUT2D eigenvalue weighted by Gasteiger charge is -2.31. The molecule has 230 valence electrons. The second kappa shape index (κ2) is 12.2. The van der Waals surface area contributed by atoms with Gasteiger partial charge < -0.3 is 15.0 Å². The van der Waals surface area contributed by atoms with Crippen LogP contribution in [0.3, 0.4) is 0 Å². The van der Waals surface area contributed by atoms with E-state index in [9.17, 15) is 18.0 Å². The van der Waals surface area contributed by atoms with Crippen molar-refractivity contribution >= 4 is 57.6 Å². The van der Waals surface area contributed by atoms with Gasteiger partial charge in [-0.15, -0.1) is 16.4 Å². The summed E-state index contributed by atoms with van der Waals surface area (Å²) in [6, 6.07) is 5.98. The maximum absolute atomic E-state index is 14.3. The maximum atomic E-state index is 14.3. The Hall–Kier alpha value is -2.31. The van der Waals surface area contributed by atoms with Crippen molar-refractivity contribution in [3.63, 3.8) is 0 Å². The van der Waals surface area contributed by atoms with Crippen molar-refractivity contribution in [1.29, 1.82) is 0 Å². The lowest BCUT2D eigenvalue weighted by molar-refractivity contribution is -0.143. The van der Waals surface area contributed by atoms with E-state index in [-0.39, 0.29) is 30.5 Å². The molecule has 3 aliphatic rings. The quantitative estimate of drug-likeness (QED) is 0.228. The summed E-state index contributed by atoms with van der Waals surface area (Å²) >= 11 is 20.2. The van der Waals surface area contributed by atoms with Crippen LogP contribution in [0.1, 0.15) is 59.7 Å². The summed E-state index contributed by atoms with van der Waals surface area (Å²) in [6.07, 6.45) is 2.85. The van der Waals surface area contributed by atoms with Gasteiger partial charge >= 0.3 is 6.18 Å². The van der Waals surface area contributed by atoms with Crippen LogP contribution >= 0.6 is 46.1 Å². The number of hydrogen-bond acceptors (Lipinski definition) is 6. The zero-order valence-corrected chi connectivity index (χ0v) is 26.3. The number of carbonyl (C=O) groups excluding carboxylic acids is 1. The number of halogens is 6. The SMILES string of the molecule is Cn1nc(OCCCc2ncc(C3=C(C(=O)N(Cc4cccc(Cl)c4Cl)C4CC4)C4CC[C@@H](C3)N4)s2)c(Cl)c1C(F)(F)F. The largest absolute Gasteiger partial charge is 0.476 e. The molecule has 1 aliphatic carbocycles. The Morgan fingerprint density at radius 3 is 2.70 bits per heavy atom. The van der Waals surface area contributed by atoms with Gasteiger partial charge in [0, 0.05) is 49.9 Å². The summed E-state index contributed by atoms with van der Waals surface area (Å²) in [7, 11) is 1.18. The number of thiazole rings is 1. The zero-order valence-electron chi connectivity index (χ0n) is 23.2. The first-order valence-corrected chi connectivity index (χ1v) is 16.1. The summed E-state index contributed by atoms with van der Waals surface area (Å²) in [5.74, 6) is -0.214. The van der Waals surface area contributed by atoms with Gasteiger partial charge in [0.1, 0.15) is 5.02 Å². The molecule has 2 bridgehead atoms. The molecule has 2 fully saturated rings. The minimum absolute atomic E-state index is 0.0130. The standard InChI is InChI=1S/C29H29Cl3F3N5O2S/c1-39-26(29(33,34)35)25(32)27(38-39)42-11-3-6-22-36-13-21(43-22)18-12-16-7-10-20(37-16)23(18)28(41)40(17-8-9-17)14-15-4-2-5-19(30)24(15)31/h2,4-5,13,16-17,20,37H,3,6-12,14H2,1H3/t16-,20?/m0/s1. The van der Waals surface area contributed by atoms with Gasteiger partial charge in [0.25, 0.3) is 11.8 Å². The minimum atomic E-state index is -4.63. The van der Waals surface area contributed by atoms with Crippen molar-refractivity contribution in [1.82, 2.24) is 25.0 Å². The van der Waals surface area contributed by atoms with Crippen molar-refractivity contribution in [3.8, 4) is 5.88 Å². The summed E-state index contributed by atoms with van der Waals surface area (Å²) in [4.78, 5) is 21.8. The molecule has 2 atom stereocenters. The molecule has 1 saturated heterocycles. The highest BCUT2D eigenvalue weighted by atomic mass is 35.5. The fourth-order valence-electron chi connectivity index (χ4n) is 5.88. The van der Waals surface area contributed by atoms with E-state index in [1.807, 2.05) is 23.2 Å². The number of aromatic nitrogens is 3. The topological polar surface area (TPSA) is 72.3 Å². The van der Waals surface area contributed by atoms with E-state index in [1.165, 1.54) is 18.4 Å². The third-order valence-corrected chi connectivity index (χ3v) is 10.4. The van der Waals surface area contributed by atoms with E-state index in [0.717, 1.165) is 58.7 Å². The van der Waals surface area contributed by atoms with Crippen LogP contribution in [0.4, 0.5) is 13.2 Å². The average Bonchev–Trinajstić information content (AvgIpc) is 3.44. The van der Waals surface area contributed by atoms with E-state index >= 15 is 0 Å². The fraction of sp³-hybridized carbons (Fsp3) is 0.483. The molecule has 43 heavy (non-hydrogen) atoms. The second-order valence-electron chi connectivity index (χ2n) is 11.1. The van der Waals surface area contributed by atoms with Crippen molar-refractivity contribution in [2.45, 2.75) is 75.8 Å². The Labute approximate surface area is 266 Å². The Morgan fingerprint density at radius 1 is 1.19 bits per heavy atom. The first-order valence-electron chi connectivity index (χ1n) is 14.1. The van der Waals surface area contributed by atoms with Gasteiger partial charge in [0.2, 0.25) is 0 Å². The number of nitrogens with zero attached hydrogens (tertiary/aromatic N) is 4. The molecular weight excluding hydrogens is 646 g/mol. The average molecular weight is 675 g/mol. The number of nitrogens with one attached hydrogen (secondary N) is 1. The third-order valence-electron chi connectivity index (χ3n) is 8.07. The van der Waals surface area contributed by atoms with Gasteiger partial charge in [0.15, 0.2) is 5.69 Å². The molecule has 1 amide bonds. The number of ether oxygens (including phenoxy) is 1. The molecule has 6 rings (SSSR count). The summed E-state index contributed by atoms with van der Waals surface area (Å²) in [6.45, 7) is 0.528. The molecule has 1 N–H and O–H groups in total. The van der Waals surface area contributed by atoms with Crippen LogP contribution in [-0.2, 0) is 31.0 Å². The van der Waals surface area contributed by atoms with E-state index in [4.69, 9.17) is 39.5 Å². The van der Waals surface area contributed by atoms with Crippen LogP contribution in [0.25, 0.3) is 5.57 Å². The monoisotopic (exact) mass is 673 g/mol.